The van der Waals surface area contributed by atoms with Gasteiger partial charge in [-0.2, -0.15) is 0 Å². The number of fused-ring (bicyclic) bond motifs is 6. The number of unbranched alkanes of at least 4 members (excludes halogenated alkanes) is 12. The van der Waals surface area contributed by atoms with Crippen molar-refractivity contribution in [2.75, 3.05) is 126 Å². The summed E-state index contributed by atoms with van der Waals surface area (Å²) in [5, 5.41) is 5.33. The lowest BCUT2D eigenvalue weighted by atomic mass is 9.70. The van der Waals surface area contributed by atoms with Gasteiger partial charge >= 0.3 is 0 Å². The van der Waals surface area contributed by atoms with Crippen LogP contribution in [0.3, 0.4) is 0 Å². The molecule has 0 aromatic heterocycles. The molecule has 2 aliphatic carbocycles. The Bertz CT molecular complexity index is 2100. The van der Waals surface area contributed by atoms with Crippen LogP contribution in [0, 0.1) is 27.7 Å². The van der Waals surface area contributed by atoms with E-state index in [2.05, 4.69) is 219 Å². The maximum absolute atomic E-state index is 3.59. The van der Waals surface area contributed by atoms with E-state index in [1.807, 2.05) is 7.05 Å². The predicted octanol–water partition coefficient (Wildman–Crippen LogP) is 16.5. The Hall–Kier alpha value is -2.40. The van der Waals surface area contributed by atoms with E-state index in [1.54, 1.807) is 22.3 Å². The number of likely N-dealkylation sites (N-methyl/N-ethyl adjacent to an activating group) is 6. The molecule has 8 heteroatoms. The quantitative estimate of drug-likeness (QED) is 0.0365. The normalized spacial score (nSPS) is 13.7. The van der Waals surface area contributed by atoms with Crippen LogP contribution in [0.15, 0.2) is 72.8 Å². The van der Waals surface area contributed by atoms with E-state index in [4.69, 9.17) is 0 Å². The minimum absolute atomic E-state index is 0.174. The molecule has 432 valence electrons. The van der Waals surface area contributed by atoms with E-state index < -0.39 is 0 Å². The number of aryl methyl sites for hydroxylation is 4. The highest BCUT2D eigenvalue weighted by molar-refractivity contribution is 9.09. The molecule has 4 aromatic carbocycles. The molecule has 0 aliphatic heterocycles. The topological polar surface area (TPSA) is 28.2 Å². The van der Waals surface area contributed by atoms with Gasteiger partial charge in [-0.1, -0.05) is 204 Å². The number of hydrogen-bond donors (Lipinski definition) is 1. The van der Waals surface area contributed by atoms with Crippen molar-refractivity contribution in [3.05, 3.63) is 117 Å². The Kier molecular flexibility index (Phi) is 31.5. The van der Waals surface area contributed by atoms with Crippen molar-refractivity contribution >= 4 is 31.9 Å². The highest BCUT2D eigenvalue weighted by atomic mass is 79.9. The van der Waals surface area contributed by atoms with E-state index in [9.17, 15) is 0 Å². The summed E-state index contributed by atoms with van der Waals surface area (Å²) < 4.78 is 0. The summed E-state index contributed by atoms with van der Waals surface area (Å²) >= 11 is 7.18. The highest BCUT2D eigenvalue weighted by Crippen LogP contribution is 2.56. The molecule has 0 unspecified atom stereocenters. The third kappa shape index (κ3) is 21.8. The molecule has 0 fully saturated rings. The lowest BCUT2D eigenvalue weighted by Gasteiger charge is -2.33. The molecule has 0 atom stereocenters. The molecular weight excluding hydrogens is 1070 g/mol. The van der Waals surface area contributed by atoms with Crippen molar-refractivity contribution in [2.24, 2.45) is 0 Å². The van der Waals surface area contributed by atoms with Gasteiger partial charge in [-0.15, -0.1) is 0 Å². The van der Waals surface area contributed by atoms with Crippen LogP contribution in [-0.2, 0) is 10.8 Å². The number of alkyl halides is 2. The van der Waals surface area contributed by atoms with E-state index in [0.29, 0.717) is 0 Å². The number of hydrogen-bond acceptors (Lipinski definition) is 6. The standard InChI is InChI=1S/C37H62N4.C27H36Br2.C5H14N2/c1-31-17-19-33-34-20-18-32(2)30-36(34)37(35(33)29-31,21-13-9-11-15-23-40(7)27-25-38(3)4)22-14-10-12-16-24-41(8)28-26-39(5)6;1-21-11-13-23-24-14-12-22(2)20-26(24)27(25(23)19-21,15-7-3-5-9-17-28)16-8-4-6-10-18-29;1-6-4-5-7(2)3/h17-20,29-30H,9-16,21-28H2,1-8H3;11-14,19-20H,3-10,15-18H2,1-2H3;6H,4-5H2,1-3H3. The zero-order chi connectivity index (χ0) is 56.2. The molecule has 77 heavy (non-hydrogen) atoms. The molecule has 1 N–H and O–H groups in total. The molecule has 4 aromatic rings. The summed E-state index contributed by atoms with van der Waals surface area (Å²) in [6.45, 7) is 18.3. The molecule has 6 rings (SSSR count). The van der Waals surface area contributed by atoms with Gasteiger partial charge in [0.25, 0.3) is 0 Å². The van der Waals surface area contributed by atoms with Crippen LogP contribution in [0.5, 0.6) is 0 Å². The average Bonchev–Trinajstić information content (AvgIpc) is 4.05. The monoisotopic (exact) mass is 1180 g/mol. The zero-order valence-corrected chi connectivity index (χ0v) is 54.8. The molecule has 0 spiro atoms. The van der Waals surface area contributed by atoms with Gasteiger partial charge < -0.3 is 29.8 Å². The van der Waals surface area contributed by atoms with Gasteiger partial charge in [0.05, 0.1) is 0 Å². The number of rotatable bonds is 35. The molecule has 6 nitrogen and oxygen atoms in total. The minimum atomic E-state index is 0.174. The van der Waals surface area contributed by atoms with Crippen molar-refractivity contribution in [1.29, 1.82) is 0 Å². The minimum Gasteiger partial charge on any atom is -0.318 e. The largest absolute Gasteiger partial charge is 0.318 e. The van der Waals surface area contributed by atoms with Crippen LogP contribution in [0.2, 0.25) is 0 Å². The Morgan fingerprint density at radius 1 is 0.338 bits per heavy atom. The van der Waals surface area contributed by atoms with Crippen molar-refractivity contribution in [1.82, 2.24) is 29.8 Å². The fourth-order valence-electron chi connectivity index (χ4n) is 12.1. The lowest BCUT2D eigenvalue weighted by Crippen LogP contribution is -2.29. The summed E-state index contributed by atoms with van der Waals surface area (Å²) in [7, 11) is 19.3. The molecule has 2 aliphatic rings. The van der Waals surface area contributed by atoms with Gasteiger partial charge in [-0.25, -0.2) is 0 Å². The third-order valence-corrected chi connectivity index (χ3v) is 17.9. The first-order valence-electron chi connectivity index (χ1n) is 30.5. The number of benzene rings is 4. The maximum atomic E-state index is 3.59. The SMILES string of the molecule is CNCCN(C)C.Cc1ccc2c(c1)C(CCCCCCBr)(CCCCCCBr)c1cc(C)ccc1-2.Cc1ccc2c(c1)C(CCCCCCN(C)CCN(C)C)(CCCCCCN(C)CCN(C)C)c1cc(C)ccc1-2. The molecule has 0 saturated carbocycles. The van der Waals surface area contributed by atoms with Gasteiger partial charge in [0, 0.05) is 60.8 Å². The number of nitrogens with one attached hydrogen (secondary N) is 1. The van der Waals surface area contributed by atoms with Crippen LogP contribution in [0.4, 0.5) is 0 Å². The smallest absolute Gasteiger partial charge is 0.0215 e. The second kappa shape index (κ2) is 36.1. The van der Waals surface area contributed by atoms with Gasteiger partial charge in [-0.05, 0) is 200 Å². The molecular formula is C69H112Br2N6. The van der Waals surface area contributed by atoms with Crippen LogP contribution < -0.4 is 5.32 Å². The first-order chi connectivity index (χ1) is 37.0. The van der Waals surface area contributed by atoms with Crippen molar-refractivity contribution in [3.8, 4) is 22.3 Å². The van der Waals surface area contributed by atoms with Crippen LogP contribution >= 0.6 is 31.9 Å². The molecule has 0 amide bonds. The van der Waals surface area contributed by atoms with Gasteiger partial charge in [0.1, 0.15) is 0 Å². The Labute approximate surface area is 491 Å². The highest BCUT2D eigenvalue weighted by Gasteiger charge is 2.43. The van der Waals surface area contributed by atoms with Crippen molar-refractivity contribution in [3.63, 3.8) is 0 Å². The Morgan fingerprint density at radius 3 is 0.857 bits per heavy atom. The number of nitrogens with zero attached hydrogens (tertiary/aromatic N) is 5. The Balaban J connectivity index is 0.000000308. The zero-order valence-electron chi connectivity index (χ0n) is 51.6. The van der Waals surface area contributed by atoms with E-state index in [0.717, 1.165) is 49.9 Å². The van der Waals surface area contributed by atoms with Gasteiger partial charge in [0.15, 0.2) is 0 Å². The summed E-state index contributed by atoms with van der Waals surface area (Å²) in [6.07, 6.45) is 26.4. The van der Waals surface area contributed by atoms with Gasteiger partial charge in [0.2, 0.25) is 0 Å². The second-order valence-corrected chi connectivity index (χ2v) is 26.1. The average molecular weight is 1190 g/mol. The Morgan fingerprint density at radius 2 is 0.610 bits per heavy atom. The lowest BCUT2D eigenvalue weighted by molar-refractivity contribution is 0.275. The van der Waals surface area contributed by atoms with Crippen molar-refractivity contribution in [2.45, 2.75) is 167 Å². The summed E-state index contributed by atoms with van der Waals surface area (Å²) in [4.78, 5) is 11.7. The molecule has 0 radical (unpaired) electrons. The summed E-state index contributed by atoms with van der Waals surface area (Å²) in [6, 6.07) is 28.9. The van der Waals surface area contributed by atoms with Gasteiger partial charge in [-0.3, -0.25) is 0 Å². The molecule has 0 heterocycles. The summed E-state index contributed by atoms with van der Waals surface area (Å²) in [5.74, 6) is 0. The van der Waals surface area contributed by atoms with Crippen LogP contribution in [-0.4, -0.2) is 151 Å². The first kappa shape index (κ1) is 67.1. The van der Waals surface area contributed by atoms with Crippen molar-refractivity contribution < 1.29 is 0 Å². The molecule has 0 bridgehead atoms. The fraction of sp³-hybridized carbons (Fsp3) is 0.652. The predicted molar refractivity (Wildman–Crippen MR) is 349 cm³/mol. The molecule has 0 saturated heterocycles. The van der Waals surface area contributed by atoms with Crippen LogP contribution in [0.1, 0.15) is 173 Å². The van der Waals surface area contributed by atoms with E-state index in [1.165, 1.54) is 186 Å². The first-order valence-corrected chi connectivity index (χ1v) is 32.8. The third-order valence-electron chi connectivity index (χ3n) is 16.8. The van der Waals surface area contributed by atoms with E-state index >= 15 is 0 Å². The van der Waals surface area contributed by atoms with Crippen LogP contribution in [0.25, 0.3) is 22.3 Å². The number of halogens is 2. The van der Waals surface area contributed by atoms with E-state index in [-0.39, 0.29) is 10.8 Å². The summed E-state index contributed by atoms with van der Waals surface area (Å²) in [5.41, 5.74) is 18.4. The fourth-order valence-corrected chi connectivity index (χ4v) is 12.9. The second-order valence-electron chi connectivity index (χ2n) is 24.5. The maximum Gasteiger partial charge on any atom is 0.0215 e.